The summed E-state index contributed by atoms with van der Waals surface area (Å²) in [6, 6.07) is 5.63. The van der Waals surface area contributed by atoms with Crippen molar-refractivity contribution in [1.82, 2.24) is 25.1 Å². The third-order valence-electron chi connectivity index (χ3n) is 8.07. The molecule has 0 amide bonds. The molecule has 0 radical (unpaired) electrons. The lowest BCUT2D eigenvalue weighted by atomic mass is 9.66. The highest BCUT2D eigenvalue weighted by Crippen LogP contribution is 2.69. The third-order valence-corrected chi connectivity index (χ3v) is 8.07. The summed E-state index contributed by atoms with van der Waals surface area (Å²) in [6.45, 7) is 10.5. The van der Waals surface area contributed by atoms with Crippen molar-refractivity contribution in [2.24, 2.45) is 5.41 Å². The molecule has 184 valence electrons. The SMILES string of the molecule is CC(C)(C)c1ncc(-c2cncc([C@@]34CC[C@@H](c5cc(-c6c(F)cccc6F)nnc53)C4(C)C)n2)o1. The summed E-state index contributed by atoms with van der Waals surface area (Å²) in [5.41, 5.74) is 2.24. The highest BCUT2D eigenvalue weighted by Gasteiger charge is 2.65. The fraction of sp³-hybridized carbons (Fsp3) is 0.393. The first-order valence-corrected chi connectivity index (χ1v) is 12.2. The lowest BCUT2D eigenvalue weighted by Crippen LogP contribution is -2.38. The average Bonchev–Trinajstić information content (AvgIpc) is 3.48. The summed E-state index contributed by atoms with van der Waals surface area (Å²) in [6.07, 6.45) is 6.90. The van der Waals surface area contributed by atoms with Crippen LogP contribution < -0.4 is 0 Å². The Kier molecular flexibility index (Phi) is 4.75. The Labute approximate surface area is 208 Å². The van der Waals surface area contributed by atoms with E-state index in [-0.39, 0.29) is 28.0 Å². The lowest BCUT2D eigenvalue weighted by molar-refractivity contribution is 0.242. The van der Waals surface area contributed by atoms with Gasteiger partial charge in [0.2, 0.25) is 0 Å². The molecule has 2 atom stereocenters. The van der Waals surface area contributed by atoms with Crippen LogP contribution in [0, 0.1) is 17.0 Å². The standard InChI is InChI=1S/C28H27F2N5O/c1-26(2,3)25-32-13-21(36-25)20-12-31-14-22(33-20)28-10-9-16(27(28,4)5)15-11-19(34-35-24(15)28)23-17(29)7-6-8-18(23)30/h6-8,11-14,16H,9-10H2,1-5H3/t16-,28-/m0/s1. The van der Waals surface area contributed by atoms with Crippen LogP contribution in [-0.2, 0) is 10.8 Å². The first-order chi connectivity index (χ1) is 17.0. The zero-order chi connectivity index (χ0) is 25.5. The number of halogens is 2. The van der Waals surface area contributed by atoms with Gasteiger partial charge in [-0.1, -0.05) is 40.7 Å². The van der Waals surface area contributed by atoms with Crippen LogP contribution >= 0.6 is 0 Å². The van der Waals surface area contributed by atoms with E-state index < -0.39 is 17.0 Å². The van der Waals surface area contributed by atoms with E-state index in [1.807, 2.05) is 20.8 Å². The van der Waals surface area contributed by atoms with Gasteiger partial charge in [0.25, 0.3) is 0 Å². The minimum atomic E-state index is -0.651. The van der Waals surface area contributed by atoms with Crippen molar-refractivity contribution in [1.29, 1.82) is 0 Å². The maximum absolute atomic E-state index is 14.5. The van der Waals surface area contributed by atoms with Gasteiger partial charge in [0.15, 0.2) is 11.7 Å². The molecule has 1 saturated carbocycles. The zero-order valence-corrected chi connectivity index (χ0v) is 20.9. The van der Waals surface area contributed by atoms with Crippen molar-refractivity contribution in [3.63, 3.8) is 0 Å². The monoisotopic (exact) mass is 487 g/mol. The van der Waals surface area contributed by atoms with Crippen molar-refractivity contribution < 1.29 is 13.2 Å². The Morgan fingerprint density at radius 3 is 2.44 bits per heavy atom. The fourth-order valence-corrected chi connectivity index (χ4v) is 6.19. The van der Waals surface area contributed by atoms with Gasteiger partial charge in [-0.05, 0) is 47.9 Å². The number of hydrogen-bond acceptors (Lipinski definition) is 6. The number of oxazole rings is 1. The van der Waals surface area contributed by atoms with E-state index in [1.165, 1.54) is 18.2 Å². The summed E-state index contributed by atoms with van der Waals surface area (Å²) in [5, 5.41) is 8.90. The van der Waals surface area contributed by atoms with Crippen LogP contribution in [0.25, 0.3) is 22.7 Å². The number of fused-ring (bicyclic) bond motifs is 5. The summed E-state index contributed by atoms with van der Waals surface area (Å²) < 4.78 is 35.0. The summed E-state index contributed by atoms with van der Waals surface area (Å²) in [4.78, 5) is 14.0. The average molecular weight is 488 g/mol. The van der Waals surface area contributed by atoms with E-state index in [1.54, 1.807) is 24.7 Å². The first-order valence-electron chi connectivity index (χ1n) is 12.2. The predicted octanol–water partition coefficient (Wildman–Crippen LogP) is 6.37. The van der Waals surface area contributed by atoms with Crippen molar-refractivity contribution in [2.75, 3.05) is 0 Å². The van der Waals surface area contributed by atoms with Crippen molar-refractivity contribution in [3.8, 4) is 22.7 Å². The maximum atomic E-state index is 14.5. The largest absolute Gasteiger partial charge is 0.438 e. The second-order valence-electron chi connectivity index (χ2n) is 11.4. The summed E-state index contributed by atoms with van der Waals surface area (Å²) in [5.74, 6) is 0.0462. The van der Waals surface area contributed by atoms with Gasteiger partial charge in [-0.3, -0.25) is 4.98 Å². The Hall–Kier alpha value is -3.55. The minimum Gasteiger partial charge on any atom is -0.438 e. The number of rotatable bonds is 3. The minimum absolute atomic E-state index is 0.149. The van der Waals surface area contributed by atoms with Crippen LogP contribution in [0.3, 0.4) is 0 Å². The Morgan fingerprint density at radius 2 is 1.75 bits per heavy atom. The first kappa shape index (κ1) is 22.9. The van der Waals surface area contributed by atoms with E-state index in [2.05, 4.69) is 34.0 Å². The molecule has 2 aliphatic rings. The van der Waals surface area contributed by atoms with Crippen molar-refractivity contribution >= 4 is 0 Å². The Morgan fingerprint density at radius 1 is 1.00 bits per heavy atom. The van der Waals surface area contributed by atoms with Crippen LogP contribution in [0.2, 0.25) is 0 Å². The summed E-state index contributed by atoms with van der Waals surface area (Å²) >= 11 is 0. The molecule has 0 aliphatic heterocycles. The van der Waals surface area contributed by atoms with Gasteiger partial charge in [-0.15, -0.1) is 5.10 Å². The molecule has 2 bridgehead atoms. The third kappa shape index (κ3) is 3.02. The number of benzene rings is 1. The quantitative estimate of drug-likeness (QED) is 0.334. The van der Waals surface area contributed by atoms with Crippen LogP contribution in [0.1, 0.15) is 76.2 Å². The number of hydrogen-bond donors (Lipinski definition) is 0. The molecule has 0 unspecified atom stereocenters. The van der Waals surface area contributed by atoms with Crippen molar-refractivity contribution in [2.45, 2.75) is 64.2 Å². The molecule has 6 rings (SSSR count). The van der Waals surface area contributed by atoms with E-state index in [4.69, 9.17) is 9.40 Å². The number of aromatic nitrogens is 5. The van der Waals surface area contributed by atoms with Gasteiger partial charge in [0.05, 0.1) is 40.5 Å². The molecule has 3 aromatic heterocycles. The molecule has 1 fully saturated rings. The van der Waals surface area contributed by atoms with Gasteiger partial charge < -0.3 is 4.42 Å². The van der Waals surface area contributed by atoms with Crippen LogP contribution in [0.4, 0.5) is 8.78 Å². The van der Waals surface area contributed by atoms with E-state index in [0.717, 1.165) is 29.8 Å². The van der Waals surface area contributed by atoms with Crippen LogP contribution in [0.15, 0.2) is 47.3 Å². The van der Waals surface area contributed by atoms with Gasteiger partial charge in [0, 0.05) is 11.6 Å². The molecule has 1 aromatic carbocycles. The topological polar surface area (TPSA) is 77.6 Å². The van der Waals surface area contributed by atoms with Gasteiger partial charge in [0.1, 0.15) is 17.3 Å². The maximum Gasteiger partial charge on any atom is 0.200 e. The van der Waals surface area contributed by atoms with Crippen molar-refractivity contribution in [3.05, 3.63) is 77.3 Å². The van der Waals surface area contributed by atoms with Gasteiger partial charge in [-0.2, -0.15) is 5.10 Å². The number of nitrogens with zero attached hydrogens (tertiary/aromatic N) is 5. The molecule has 0 spiro atoms. The Balaban J connectivity index is 1.48. The van der Waals surface area contributed by atoms with Gasteiger partial charge >= 0.3 is 0 Å². The molecular weight excluding hydrogens is 460 g/mol. The predicted molar refractivity (Wildman–Crippen MR) is 130 cm³/mol. The molecule has 0 saturated heterocycles. The fourth-order valence-electron chi connectivity index (χ4n) is 6.19. The molecular formula is C28H27F2N5O. The zero-order valence-electron chi connectivity index (χ0n) is 20.9. The van der Waals surface area contributed by atoms with Crippen LogP contribution in [-0.4, -0.2) is 25.1 Å². The normalized spacial score (nSPS) is 22.1. The lowest BCUT2D eigenvalue weighted by Gasteiger charge is -2.37. The molecule has 0 N–H and O–H groups in total. The second kappa shape index (κ2) is 7.48. The van der Waals surface area contributed by atoms with Gasteiger partial charge in [-0.25, -0.2) is 18.7 Å². The summed E-state index contributed by atoms with van der Waals surface area (Å²) in [7, 11) is 0. The molecule has 3 heterocycles. The van der Waals surface area contributed by atoms with Crippen LogP contribution in [0.5, 0.6) is 0 Å². The molecule has 2 aliphatic carbocycles. The molecule has 6 nitrogen and oxygen atoms in total. The molecule has 4 aromatic rings. The molecule has 8 heteroatoms. The highest BCUT2D eigenvalue weighted by atomic mass is 19.1. The smallest absolute Gasteiger partial charge is 0.200 e. The van der Waals surface area contributed by atoms with E-state index in [0.29, 0.717) is 17.3 Å². The van der Waals surface area contributed by atoms with E-state index >= 15 is 0 Å². The van der Waals surface area contributed by atoms with E-state index in [9.17, 15) is 8.78 Å². The second-order valence-corrected chi connectivity index (χ2v) is 11.4. The molecule has 36 heavy (non-hydrogen) atoms. The Bertz CT molecular complexity index is 1490. The highest BCUT2D eigenvalue weighted by molar-refractivity contribution is 5.64.